The number of aromatic nitrogens is 1. The molecule has 0 spiro atoms. The molecule has 2 saturated heterocycles. The summed E-state index contributed by atoms with van der Waals surface area (Å²) in [6, 6.07) is 4.97. The molecule has 3 rings (SSSR count). The van der Waals surface area contributed by atoms with Gasteiger partial charge in [0, 0.05) is 51.7 Å². The number of nitrogens with one attached hydrogen (secondary N) is 1. The monoisotopic (exact) mass is 318 g/mol. The van der Waals surface area contributed by atoms with Crippen LogP contribution in [0, 0.1) is 0 Å². The highest BCUT2D eigenvalue weighted by Crippen LogP contribution is 2.39. The van der Waals surface area contributed by atoms with Crippen LogP contribution in [0.2, 0.25) is 0 Å². The predicted molar refractivity (Wildman–Crippen MR) is 88.1 cm³/mol. The second-order valence-corrected chi connectivity index (χ2v) is 6.26. The van der Waals surface area contributed by atoms with E-state index < -0.39 is 0 Å². The summed E-state index contributed by atoms with van der Waals surface area (Å²) < 4.78 is 5.62. The molecule has 2 fully saturated rings. The van der Waals surface area contributed by atoms with Crippen LogP contribution in [0.4, 0.5) is 4.79 Å². The van der Waals surface area contributed by atoms with E-state index in [1.807, 2.05) is 24.1 Å². The molecule has 126 valence electrons. The van der Waals surface area contributed by atoms with Crippen molar-refractivity contribution in [3.05, 3.63) is 30.1 Å². The Balaban J connectivity index is 1.61. The Morgan fingerprint density at radius 3 is 2.83 bits per heavy atom. The lowest BCUT2D eigenvalue weighted by Crippen LogP contribution is -2.60. The van der Waals surface area contributed by atoms with Crippen LogP contribution in [0.3, 0.4) is 0 Å². The Morgan fingerprint density at radius 2 is 2.22 bits per heavy atom. The van der Waals surface area contributed by atoms with Gasteiger partial charge in [0.2, 0.25) is 0 Å². The minimum atomic E-state index is 0.0631. The summed E-state index contributed by atoms with van der Waals surface area (Å²) >= 11 is 0. The number of ether oxygens (including phenoxy) is 1. The van der Waals surface area contributed by atoms with E-state index in [0.717, 1.165) is 32.5 Å². The molecule has 2 unspecified atom stereocenters. The third-order valence-electron chi connectivity index (χ3n) is 4.98. The first-order valence-electron chi connectivity index (χ1n) is 8.45. The predicted octanol–water partition coefficient (Wildman–Crippen LogP) is 1.65. The molecule has 1 N–H and O–H groups in total. The molecule has 6 heteroatoms. The SMILES string of the molecule is CCNC(=O)N1CCC(N2CC(OC)C2c2cccnc2)CC1. The first-order valence-corrected chi connectivity index (χ1v) is 8.45. The molecule has 2 aliphatic heterocycles. The highest BCUT2D eigenvalue weighted by molar-refractivity contribution is 5.74. The van der Waals surface area contributed by atoms with Crippen LogP contribution in [-0.2, 0) is 4.74 Å². The van der Waals surface area contributed by atoms with Gasteiger partial charge in [0.25, 0.3) is 0 Å². The second kappa shape index (κ2) is 7.27. The number of pyridine rings is 1. The highest BCUT2D eigenvalue weighted by atomic mass is 16.5. The van der Waals surface area contributed by atoms with Gasteiger partial charge in [-0.1, -0.05) is 6.07 Å². The fourth-order valence-electron chi connectivity index (χ4n) is 3.70. The van der Waals surface area contributed by atoms with Gasteiger partial charge >= 0.3 is 6.03 Å². The number of rotatable bonds is 4. The summed E-state index contributed by atoms with van der Waals surface area (Å²) in [5, 5.41) is 2.88. The Bertz CT molecular complexity index is 517. The number of nitrogens with zero attached hydrogens (tertiary/aromatic N) is 3. The Hall–Kier alpha value is -1.66. The molecular formula is C17H26N4O2. The summed E-state index contributed by atoms with van der Waals surface area (Å²) in [6.07, 6.45) is 6.01. The molecule has 23 heavy (non-hydrogen) atoms. The van der Waals surface area contributed by atoms with Crippen molar-refractivity contribution in [2.45, 2.75) is 38.0 Å². The summed E-state index contributed by atoms with van der Waals surface area (Å²) in [5.74, 6) is 0. The zero-order valence-corrected chi connectivity index (χ0v) is 13.9. The average Bonchev–Trinajstić information content (AvgIpc) is 2.56. The van der Waals surface area contributed by atoms with Crippen molar-refractivity contribution in [3.8, 4) is 0 Å². The minimum absolute atomic E-state index is 0.0631. The van der Waals surface area contributed by atoms with Gasteiger partial charge in [0.15, 0.2) is 0 Å². The standard InChI is InChI=1S/C17H26N4O2/c1-3-19-17(22)20-9-6-14(7-10-20)21-12-15(23-2)16(21)13-5-4-8-18-11-13/h4-5,8,11,14-16H,3,6-7,9-10,12H2,1-2H3,(H,19,22). The van der Waals surface area contributed by atoms with Crippen LogP contribution in [0.25, 0.3) is 0 Å². The third kappa shape index (κ3) is 3.33. The summed E-state index contributed by atoms with van der Waals surface area (Å²) in [6.45, 7) is 5.24. The van der Waals surface area contributed by atoms with Crippen LogP contribution in [-0.4, -0.2) is 66.2 Å². The molecule has 0 aliphatic carbocycles. The topological polar surface area (TPSA) is 57.7 Å². The lowest BCUT2D eigenvalue weighted by Gasteiger charge is -2.52. The van der Waals surface area contributed by atoms with Crippen molar-refractivity contribution >= 4 is 6.03 Å². The highest BCUT2D eigenvalue weighted by Gasteiger charge is 2.44. The number of amides is 2. The largest absolute Gasteiger partial charge is 0.378 e. The van der Waals surface area contributed by atoms with Gasteiger partial charge in [-0.25, -0.2) is 4.79 Å². The quantitative estimate of drug-likeness (QED) is 0.917. The summed E-state index contributed by atoms with van der Waals surface area (Å²) in [4.78, 5) is 20.6. The summed E-state index contributed by atoms with van der Waals surface area (Å²) in [5.41, 5.74) is 1.22. The Labute approximate surface area is 137 Å². The van der Waals surface area contributed by atoms with Crippen molar-refractivity contribution in [1.29, 1.82) is 0 Å². The molecule has 0 bridgehead atoms. The Morgan fingerprint density at radius 1 is 1.43 bits per heavy atom. The van der Waals surface area contributed by atoms with Gasteiger partial charge in [0.1, 0.15) is 0 Å². The number of hydrogen-bond acceptors (Lipinski definition) is 4. The first-order chi connectivity index (χ1) is 11.2. The van der Waals surface area contributed by atoms with E-state index in [9.17, 15) is 4.79 Å². The number of carbonyl (C=O) groups is 1. The maximum atomic E-state index is 11.9. The first kappa shape index (κ1) is 16.2. The lowest BCUT2D eigenvalue weighted by molar-refractivity contribution is -0.115. The maximum absolute atomic E-state index is 11.9. The van der Waals surface area contributed by atoms with Gasteiger partial charge < -0.3 is 15.0 Å². The van der Waals surface area contributed by atoms with Crippen LogP contribution >= 0.6 is 0 Å². The van der Waals surface area contributed by atoms with E-state index in [0.29, 0.717) is 12.6 Å². The number of carbonyl (C=O) groups excluding carboxylic acids is 1. The molecular weight excluding hydrogens is 292 g/mol. The van der Waals surface area contributed by atoms with Crippen molar-refractivity contribution in [2.75, 3.05) is 33.3 Å². The van der Waals surface area contributed by atoms with Crippen LogP contribution in [0.1, 0.15) is 31.4 Å². The van der Waals surface area contributed by atoms with Crippen LogP contribution in [0.5, 0.6) is 0 Å². The molecule has 2 amide bonds. The zero-order valence-electron chi connectivity index (χ0n) is 13.9. The van der Waals surface area contributed by atoms with Gasteiger partial charge in [0.05, 0.1) is 12.1 Å². The zero-order chi connectivity index (χ0) is 16.2. The molecule has 6 nitrogen and oxygen atoms in total. The smallest absolute Gasteiger partial charge is 0.317 e. The van der Waals surface area contributed by atoms with E-state index in [1.54, 1.807) is 13.3 Å². The van der Waals surface area contributed by atoms with Crippen molar-refractivity contribution in [1.82, 2.24) is 20.1 Å². The Kier molecular flexibility index (Phi) is 5.13. The maximum Gasteiger partial charge on any atom is 0.317 e. The molecule has 1 aromatic rings. The molecule has 1 aromatic heterocycles. The number of hydrogen-bond donors (Lipinski definition) is 1. The third-order valence-corrected chi connectivity index (χ3v) is 4.98. The van der Waals surface area contributed by atoms with E-state index >= 15 is 0 Å². The van der Waals surface area contributed by atoms with E-state index in [2.05, 4.69) is 21.3 Å². The summed E-state index contributed by atoms with van der Waals surface area (Å²) in [7, 11) is 1.78. The fraction of sp³-hybridized carbons (Fsp3) is 0.647. The molecule has 0 radical (unpaired) electrons. The van der Waals surface area contributed by atoms with Gasteiger partial charge in [-0.3, -0.25) is 9.88 Å². The van der Waals surface area contributed by atoms with Gasteiger partial charge in [-0.2, -0.15) is 0 Å². The van der Waals surface area contributed by atoms with Crippen molar-refractivity contribution in [2.24, 2.45) is 0 Å². The van der Waals surface area contributed by atoms with Crippen LogP contribution < -0.4 is 5.32 Å². The van der Waals surface area contributed by atoms with Crippen molar-refractivity contribution < 1.29 is 9.53 Å². The van der Waals surface area contributed by atoms with Gasteiger partial charge in [-0.15, -0.1) is 0 Å². The second-order valence-electron chi connectivity index (χ2n) is 6.26. The van der Waals surface area contributed by atoms with Gasteiger partial charge in [-0.05, 0) is 31.4 Å². The van der Waals surface area contributed by atoms with E-state index in [1.165, 1.54) is 5.56 Å². The molecule has 0 aromatic carbocycles. The molecule has 0 saturated carbocycles. The van der Waals surface area contributed by atoms with E-state index in [-0.39, 0.29) is 18.2 Å². The average molecular weight is 318 g/mol. The number of piperidine rings is 1. The molecule has 2 atom stereocenters. The minimum Gasteiger partial charge on any atom is -0.378 e. The normalized spacial score (nSPS) is 25.9. The number of methoxy groups -OCH3 is 1. The van der Waals surface area contributed by atoms with E-state index in [4.69, 9.17) is 4.74 Å². The number of likely N-dealkylation sites (tertiary alicyclic amines) is 2. The number of urea groups is 1. The molecule has 3 heterocycles. The lowest BCUT2D eigenvalue weighted by atomic mass is 9.88. The molecule has 2 aliphatic rings. The van der Waals surface area contributed by atoms with Crippen molar-refractivity contribution in [3.63, 3.8) is 0 Å². The van der Waals surface area contributed by atoms with Crippen LogP contribution in [0.15, 0.2) is 24.5 Å². The fourth-order valence-corrected chi connectivity index (χ4v) is 3.70.